The third kappa shape index (κ3) is 2.30. The van der Waals surface area contributed by atoms with Gasteiger partial charge in [-0.25, -0.2) is 0 Å². The number of aryl methyl sites for hydroxylation is 1. The quantitative estimate of drug-likeness (QED) is 0.828. The van der Waals surface area contributed by atoms with Gasteiger partial charge in [-0.15, -0.1) is 0 Å². The molecule has 0 saturated heterocycles. The van der Waals surface area contributed by atoms with Crippen LogP contribution in [0.2, 0.25) is 0 Å². The van der Waals surface area contributed by atoms with Gasteiger partial charge in [0, 0.05) is 18.1 Å². The van der Waals surface area contributed by atoms with Crippen molar-refractivity contribution in [1.29, 1.82) is 0 Å². The molecule has 0 atom stereocenters. The maximum atomic E-state index is 5.75. The lowest BCUT2D eigenvalue weighted by Gasteiger charge is -2.06. The first-order chi connectivity index (χ1) is 7.69. The lowest BCUT2D eigenvalue weighted by atomic mass is 10.3. The van der Waals surface area contributed by atoms with E-state index in [1.807, 2.05) is 37.6 Å². The van der Waals surface area contributed by atoms with E-state index >= 15 is 0 Å². The average molecular weight is 235 g/mol. The van der Waals surface area contributed by atoms with Gasteiger partial charge in [0.15, 0.2) is 0 Å². The van der Waals surface area contributed by atoms with Crippen LogP contribution in [0.5, 0.6) is 5.75 Å². The van der Waals surface area contributed by atoms with E-state index < -0.39 is 0 Å². The number of benzene rings is 1. The van der Waals surface area contributed by atoms with Crippen molar-refractivity contribution in [2.45, 2.75) is 9.79 Å². The second kappa shape index (κ2) is 4.49. The van der Waals surface area contributed by atoms with E-state index in [1.165, 1.54) is 0 Å². The Hall–Kier alpha value is -1.62. The lowest BCUT2D eigenvalue weighted by molar-refractivity contribution is 0.416. The zero-order valence-corrected chi connectivity index (χ0v) is 9.99. The highest BCUT2D eigenvalue weighted by atomic mass is 32.2. The number of hydrogen-bond acceptors (Lipinski definition) is 4. The Kier molecular flexibility index (Phi) is 3.05. The molecule has 0 aliphatic carbocycles. The molecule has 2 rings (SSSR count). The van der Waals surface area contributed by atoms with Crippen LogP contribution in [-0.4, -0.2) is 16.9 Å². The molecule has 2 N–H and O–H groups in total. The Labute approximate surface area is 98.4 Å². The summed E-state index contributed by atoms with van der Waals surface area (Å²) >= 11 is 1.63. The van der Waals surface area contributed by atoms with Gasteiger partial charge < -0.3 is 10.5 Å². The van der Waals surface area contributed by atoms with Gasteiger partial charge in [0.05, 0.1) is 23.9 Å². The third-order valence-corrected chi connectivity index (χ3v) is 3.06. The molecule has 1 aromatic carbocycles. The van der Waals surface area contributed by atoms with E-state index in [0.29, 0.717) is 11.4 Å². The van der Waals surface area contributed by atoms with E-state index in [0.717, 1.165) is 9.79 Å². The monoisotopic (exact) mass is 235 g/mol. The van der Waals surface area contributed by atoms with Crippen LogP contribution in [0.1, 0.15) is 0 Å². The number of hydrogen-bond donors (Lipinski definition) is 1. The summed E-state index contributed by atoms with van der Waals surface area (Å²) in [6.45, 7) is 0. The fourth-order valence-electron chi connectivity index (χ4n) is 1.34. The number of nitrogens with two attached hydrogens (primary N) is 1. The maximum Gasteiger partial charge on any atom is 0.142 e. The molecule has 0 amide bonds. The standard InChI is InChI=1S/C11H13N3OS/c1-14-7-9(6-13-14)16-8-3-4-10(12)11(5-8)15-2/h3-7H,12H2,1-2H3. The minimum absolute atomic E-state index is 0.651. The van der Waals surface area contributed by atoms with Crippen LogP contribution in [0.4, 0.5) is 5.69 Å². The van der Waals surface area contributed by atoms with Crippen LogP contribution in [0, 0.1) is 0 Å². The number of ether oxygens (including phenoxy) is 1. The van der Waals surface area contributed by atoms with Crippen molar-refractivity contribution in [3.05, 3.63) is 30.6 Å². The van der Waals surface area contributed by atoms with Crippen molar-refractivity contribution in [2.24, 2.45) is 7.05 Å². The molecule has 1 heterocycles. The van der Waals surface area contributed by atoms with Crippen molar-refractivity contribution >= 4 is 17.4 Å². The Morgan fingerprint density at radius 2 is 2.19 bits per heavy atom. The van der Waals surface area contributed by atoms with E-state index in [1.54, 1.807) is 23.6 Å². The highest BCUT2D eigenvalue weighted by Crippen LogP contribution is 2.32. The predicted molar refractivity (Wildman–Crippen MR) is 64.7 cm³/mol. The Bertz CT molecular complexity index is 496. The summed E-state index contributed by atoms with van der Waals surface area (Å²) < 4.78 is 6.94. The van der Waals surface area contributed by atoms with Crippen molar-refractivity contribution in [3.8, 4) is 5.75 Å². The number of nitrogen functional groups attached to an aromatic ring is 1. The van der Waals surface area contributed by atoms with Gasteiger partial charge in [-0.2, -0.15) is 5.10 Å². The minimum atomic E-state index is 0.651. The summed E-state index contributed by atoms with van der Waals surface area (Å²) in [7, 11) is 3.51. The lowest BCUT2D eigenvalue weighted by Crippen LogP contribution is -1.91. The van der Waals surface area contributed by atoms with Crippen molar-refractivity contribution in [3.63, 3.8) is 0 Å². The molecule has 0 unspecified atom stereocenters. The molecule has 0 saturated carbocycles. The predicted octanol–water partition coefficient (Wildman–Crippen LogP) is 2.16. The highest BCUT2D eigenvalue weighted by Gasteiger charge is 2.03. The van der Waals surface area contributed by atoms with Gasteiger partial charge in [-0.3, -0.25) is 4.68 Å². The summed E-state index contributed by atoms with van der Waals surface area (Å²) in [5, 5.41) is 4.11. The van der Waals surface area contributed by atoms with Crippen LogP contribution >= 0.6 is 11.8 Å². The Morgan fingerprint density at radius 3 is 2.81 bits per heavy atom. The van der Waals surface area contributed by atoms with Crippen LogP contribution in [0.15, 0.2) is 40.4 Å². The highest BCUT2D eigenvalue weighted by molar-refractivity contribution is 7.99. The van der Waals surface area contributed by atoms with Crippen molar-refractivity contribution < 1.29 is 4.74 Å². The zero-order valence-electron chi connectivity index (χ0n) is 9.18. The van der Waals surface area contributed by atoms with Gasteiger partial charge in [-0.1, -0.05) is 11.8 Å². The van der Waals surface area contributed by atoms with E-state index in [2.05, 4.69) is 5.10 Å². The average Bonchev–Trinajstić information content (AvgIpc) is 2.67. The van der Waals surface area contributed by atoms with E-state index in [4.69, 9.17) is 10.5 Å². The molecular weight excluding hydrogens is 222 g/mol. The number of rotatable bonds is 3. The molecule has 0 aliphatic heterocycles. The van der Waals surface area contributed by atoms with E-state index in [-0.39, 0.29) is 0 Å². The summed E-state index contributed by atoms with van der Waals surface area (Å²) in [4.78, 5) is 2.17. The number of nitrogens with zero attached hydrogens (tertiary/aromatic N) is 2. The minimum Gasteiger partial charge on any atom is -0.495 e. The molecule has 0 fully saturated rings. The first kappa shape index (κ1) is 10.9. The Morgan fingerprint density at radius 1 is 1.38 bits per heavy atom. The molecule has 0 aliphatic rings. The molecular formula is C11H13N3OS. The molecule has 84 valence electrons. The van der Waals surface area contributed by atoms with Gasteiger partial charge >= 0.3 is 0 Å². The molecule has 4 nitrogen and oxygen atoms in total. The topological polar surface area (TPSA) is 53.1 Å². The van der Waals surface area contributed by atoms with Crippen molar-refractivity contribution in [1.82, 2.24) is 9.78 Å². The molecule has 2 aromatic rings. The summed E-state index contributed by atoms with van der Waals surface area (Å²) in [6, 6.07) is 5.74. The smallest absolute Gasteiger partial charge is 0.142 e. The molecule has 1 aromatic heterocycles. The van der Waals surface area contributed by atoms with Crippen LogP contribution in [0.25, 0.3) is 0 Å². The molecule has 5 heteroatoms. The third-order valence-electron chi connectivity index (χ3n) is 2.12. The summed E-state index contributed by atoms with van der Waals surface area (Å²) in [5.41, 5.74) is 6.40. The number of anilines is 1. The van der Waals surface area contributed by atoms with Gasteiger partial charge in [0.1, 0.15) is 5.75 Å². The van der Waals surface area contributed by atoms with Crippen LogP contribution in [-0.2, 0) is 7.05 Å². The molecule has 16 heavy (non-hydrogen) atoms. The normalized spacial score (nSPS) is 10.4. The van der Waals surface area contributed by atoms with Crippen LogP contribution < -0.4 is 10.5 Å². The second-order valence-corrected chi connectivity index (χ2v) is 4.50. The molecule has 0 bridgehead atoms. The van der Waals surface area contributed by atoms with Gasteiger partial charge in [0.25, 0.3) is 0 Å². The van der Waals surface area contributed by atoms with Crippen molar-refractivity contribution in [2.75, 3.05) is 12.8 Å². The number of methoxy groups -OCH3 is 1. The SMILES string of the molecule is COc1cc(Sc2cnn(C)c2)ccc1N. The zero-order chi connectivity index (χ0) is 11.5. The van der Waals surface area contributed by atoms with E-state index in [9.17, 15) is 0 Å². The summed E-state index contributed by atoms with van der Waals surface area (Å²) in [6.07, 6.45) is 3.79. The fraction of sp³-hybridized carbons (Fsp3) is 0.182. The van der Waals surface area contributed by atoms with Crippen LogP contribution in [0.3, 0.4) is 0 Å². The largest absolute Gasteiger partial charge is 0.495 e. The summed E-state index contributed by atoms with van der Waals surface area (Å²) in [5.74, 6) is 0.703. The maximum absolute atomic E-state index is 5.75. The first-order valence-corrected chi connectivity index (χ1v) is 5.60. The number of aromatic nitrogens is 2. The first-order valence-electron chi connectivity index (χ1n) is 4.79. The molecule has 0 spiro atoms. The fourth-order valence-corrected chi connectivity index (χ4v) is 2.22. The van der Waals surface area contributed by atoms with Gasteiger partial charge in [-0.05, 0) is 18.2 Å². The van der Waals surface area contributed by atoms with Gasteiger partial charge in [0.2, 0.25) is 0 Å². The Balaban J connectivity index is 2.21. The second-order valence-electron chi connectivity index (χ2n) is 3.36. The molecule has 0 radical (unpaired) electrons.